The van der Waals surface area contributed by atoms with Crippen molar-refractivity contribution in [1.29, 1.82) is 0 Å². The molecule has 0 aromatic heterocycles. The van der Waals surface area contributed by atoms with Gasteiger partial charge in [0.05, 0.1) is 13.7 Å². The first-order valence-electron chi connectivity index (χ1n) is 6.60. The molecule has 102 valence electrons. The van der Waals surface area contributed by atoms with Crippen molar-refractivity contribution in [3.05, 3.63) is 35.9 Å². The van der Waals surface area contributed by atoms with E-state index in [1.165, 1.54) is 5.56 Å². The number of hydrogen-bond donors (Lipinski definition) is 0. The number of ether oxygens (including phenoxy) is 4. The summed E-state index contributed by atoms with van der Waals surface area (Å²) in [5.41, 5.74) is 3.22. The molecule has 0 atom stereocenters. The topological polar surface area (TPSA) is 36.9 Å². The molecule has 0 saturated heterocycles. The summed E-state index contributed by atoms with van der Waals surface area (Å²) in [4.78, 5) is 0. The first kappa shape index (κ1) is 11.5. The Labute approximate surface area is 116 Å². The van der Waals surface area contributed by atoms with Gasteiger partial charge in [-0.2, -0.15) is 0 Å². The van der Waals surface area contributed by atoms with Gasteiger partial charge in [-0.25, -0.2) is 0 Å². The highest BCUT2D eigenvalue weighted by atomic mass is 16.7. The van der Waals surface area contributed by atoms with Gasteiger partial charge >= 0.3 is 0 Å². The van der Waals surface area contributed by atoms with Crippen LogP contribution in [-0.4, -0.2) is 20.5 Å². The van der Waals surface area contributed by atoms with Crippen LogP contribution in [0, 0.1) is 0 Å². The van der Waals surface area contributed by atoms with Gasteiger partial charge < -0.3 is 18.9 Å². The predicted octanol–water partition coefficient (Wildman–Crippen LogP) is 3.03. The van der Waals surface area contributed by atoms with Crippen LogP contribution in [-0.2, 0) is 6.42 Å². The molecule has 0 saturated carbocycles. The van der Waals surface area contributed by atoms with Crippen molar-refractivity contribution in [3.63, 3.8) is 0 Å². The number of rotatable bonds is 2. The normalized spacial score (nSPS) is 14.8. The summed E-state index contributed by atoms with van der Waals surface area (Å²) < 4.78 is 22.3. The Hall–Kier alpha value is -2.36. The average molecular weight is 270 g/mol. The number of fused-ring (bicyclic) bond motifs is 2. The van der Waals surface area contributed by atoms with E-state index in [0.29, 0.717) is 6.61 Å². The molecule has 4 nitrogen and oxygen atoms in total. The zero-order valence-corrected chi connectivity index (χ0v) is 11.1. The third-order valence-corrected chi connectivity index (χ3v) is 3.73. The lowest BCUT2D eigenvalue weighted by Gasteiger charge is -2.14. The molecule has 2 aromatic rings. The van der Waals surface area contributed by atoms with Gasteiger partial charge in [0.2, 0.25) is 6.79 Å². The van der Waals surface area contributed by atoms with Crippen molar-refractivity contribution >= 4 is 0 Å². The third kappa shape index (κ3) is 1.54. The molecule has 0 aliphatic carbocycles. The lowest BCUT2D eigenvalue weighted by Crippen LogP contribution is -1.96. The summed E-state index contributed by atoms with van der Waals surface area (Å²) in [7, 11) is 1.68. The molecule has 0 bridgehead atoms. The zero-order chi connectivity index (χ0) is 13.5. The summed E-state index contributed by atoms with van der Waals surface area (Å²) in [6.45, 7) is 0.974. The van der Waals surface area contributed by atoms with E-state index in [4.69, 9.17) is 18.9 Å². The number of methoxy groups -OCH3 is 1. The Morgan fingerprint density at radius 2 is 1.95 bits per heavy atom. The van der Waals surface area contributed by atoms with Crippen molar-refractivity contribution in [3.8, 4) is 34.1 Å². The first-order valence-corrected chi connectivity index (χ1v) is 6.60. The summed E-state index contributed by atoms with van der Waals surface area (Å²) >= 11 is 0. The summed E-state index contributed by atoms with van der Waals surface area (Å²) in [5, 5.41) is 0. The fourth-order valence-electron chi connectivity index (χ4n) is 2.85. The lowest BCUT2D eigenvalue weighted by atomic mass is 9.96. The van der Waals surface area contributed by atoms with E-state index >= 15 is 0 Å². The van der Waals surface area contributed by atoms with E-state index < -0.39 is 0 Å². The Kier molecular flexibility index (Phi) is 2.49. The molecule has 4 rings (SSSR count). The van der Waals surface area contributed by atoms with Crippen LogP contribution in [0.25, 0.3) is 11.1 Å². The van der Waals surface area contributed by atoms with Gasteiger partial charge in [-0.15, -0.1) is 0 Å². The second-order valence-corrected chi connectivity index (χ2v) is 4.76. The zero-order valence-electron chi connectivity index (χ0n) is 11.1. The number of hydrogen-bond acceptors (Lipinski definition) is 4. The molecule has 0 unspecified atom stereocenters. The Morgan fingerprint density at radius 3 is 2.85 bits per heavy atom. The molecule has 2 aromatic carbocycles. The average Bonchev–Trinajstić information content (AvgIpc) is 3.14. The quantitative estimate of drug-likeness (QED) is 0.840. The van der Waals surface area contributed by atoms with Crippen LogP contribution in [0.4, 0.5) is 0 Å². The largest absolute Gasteiger partial charge is 0.496 e. The van der Waals surface area contributed by atoms with Gasteiger partial charge in [-0.3, -0.25) is 0 Å². The maximum absolute atomic E-state index is 5.65. The third-order valence-electron chi connectivity index (χ3n) is 3.73. The van der Waals surface area contributed by atoms with Gasteiger partial charge in [-0.05, 0) is 18.2 Å². The maximum Gasteiger partial charge on any atom is 0.231 e. The minimum atomic E-state index is 0.264. The molecule has 0 fully saturated rings. The van der Waals surface area contributed by atoms with E-state index in [2.05, 4.69) is 0 Å². The molecule has 0 spiro atoms. The smallest absolute Gasteiger partial charge is 0.231 e. The minimum Gasteiger partial charge on any atom is -0.496 e. The molecule has 2 aliphatic rings. The minimum absolute atomic E-state index is 0.264. The fraction of sp³-hybridized carbons (Fsp3) is 0.250. The first-order chi connectivity index (χ1) is 9.88. The van der Waals surface area contributed by atoms with Gasteiger partial charge in [0, 0.05) is 23.1 Å². The molecular formula is C16H14O4. The second-order valence-electron chi connectivity index (χ2n) is 4.76. The lowest BCUT2D eigenvalue weighted by molar-refractivity contribution is 0.174. The van der Waals surface area contributed by atoms with E-state index in [1.54, 1.807) is 7.11 Å². The maximum atomic E-state index is 5.65. The highest BCUT2D eigenvalue weighted by molar-refractivity contribution is 5.83. The monoisotopic (exact) mass is 270 g/mol. The number of benzene rings is 2. The molecule has 0 N–H and O–H groups in total. The SMILES string of the molecule is COc1ccc2c(c1-c1cccc3c1OCO3)CCO2. The Bertz CT molecular complexity index is 678. The van der Waals surface area contributed by atoms with Gasteiger partial charge in [0.1, 0.15) is 11.5 Å². The predicted molar refractivity (Wildman–Crippen MR) is 73.8 cm³/mol. The van der Waals surface area contributed by atoms with Crippen LogP contribution in [0.15, 0.2) is 30.3 Å². The van der Waals surface area contributed by atoms with Crippen molar-refractivity contribution in [2.75, 3.05) is 20.5 Å². The highest BCUT2D eigenvalue weighted by Crippen LogP contribution is 2.48. The molecule has 2 heterocycles. The summed E-state index contributed by atoms with van der Waals surface area (Å²) in [6, 6.07) is 9.82. The second kappa shape index (κ2) is 4.34. The van der Waals surface area contributed by atoms with E-state index in [9.17, 15) is 0 Å². The Morgan fingerprint density at radius 1 is 1.00 bits per heavy atom. The van der Waals surface area contributed by atoms with Crippen LogP contribution in [0.5, 0.6) is 23.0 Å². The van der Waals surface area contributed by atoms with E-state index in [1.807, 2.05) is 30.3 Å². The summed E-state index contributed by atoms with van der Waals surface area (Å²) in [6.07, 6.45) is 0.881. The van der Waals surface area contributed by atoms with Crippen LogP contribution >= 0.6 is 0 Å². The van der Waals surface area contributed by atoms with Crippen LogP contribution in [0.2, 0.25) is 0 Å². The molecule has 20 heavy (non-hydrogen) atoms. The van der Waals surface area contributed by atoms with Crippen molar-refractivity contribution in [1.82, 2.24) is 0 Å². The van der Waals surface area contributed by atoms with Crippen molar-refractivity contribution < 1.29 is 18.9 Å². The molecule has 2 aliphatic heterocycles. The number of para-hydroxylation sites is 1. The molecule has 0 amide bonds. The molecule has 0 radical (unpaired) electrons. The van der Waals surface area contributed by atoms with Gasteiger partial charge in [-0.1, -0.05) is 12.1 Å². The Balaban J connectivity index is 1.99. The van der Waals surface area contributed by atoms with E-state index in [0.717, 1.165) is 40.5 Å². The molecular weight excluding hydrogens is 256 g/mol. The van der Waals surface area contributed by atoms with E-state index in [-0.39, 0.29) is 6.79 Å². The molecule has 4 heteroatoms. The van der Waals surface area contributed by atoms with Gasteiger partial charge in [0.25, 0.3) is 0 Å². The standard InChI is InChI=1S/C16H14O4/c1-17-13-6-5-12-10(7-8-18-12)15(13)11-3-2-4-14-16(11)20-9-19-14/h2-6H,7-9H2,1H3. The van der Waals surface area contributed by atoms with Crippen molar-refractivity contribution in [2.45, 2.75) is 6.42 Å². The van der Waals surface area contributed by atoms with Gasteiger partial charge in [0.15, 0.2) is 11.5 Å². The highest BCUT2D eigenvalue weighted by Gasteiger charge is 2.26. The van der Waals surface area contributed by atoms with Crippen LogP contribution < -0.4 is 18.9 Å². The van der Waals surface area contributed by atoms with Crippen LogP contribution in [0.1, 0.15) is 5.56 Å². The van der Waals surface area contributed by atoms with Crippen molar-refractivity contribution in [2.24, 2.45) is 0 Å². The fourth-order valence-corrected chi connectivity index (χ4v) is 2.85. The van der Waals surface area contributed by atoms with Crippen LogP contribution in [0.3, 0.4) is 0 Å². The summed E-state index contributed by atoms with van der Waals surface area (Å²) in [5.74, 6) is 3.32.